The monoisotopic (exact) mass is 241 g/mol. The van der Waals surface area contributed by atoms with E-state index in [4.69, 9.17) is 4.74 Å². The van der Waals surface area contributed by atoms with Crippen molar-refractivity contribution in [2.24, 2.45) is 5.92 Å². The number of hydrogen-bond acceptors (Lipinski definition) is 2. The van der Waals surface area contributed by atoms with Gasteiger partial charge in [0.15, 0.2) is 0 Å². The summed E-state index contributed by atoms with van der Waals surface area (Å²) in [5.74, 6) is 0.537. The molecule has 1 heterocycles. The zero-order chi connectivity index (χ0) is 12.6. The minimum atomic E-state index is -0.0430. The Morgan fingerprint density at radius 1 is 1.39 bits per heavy atom. The number of aromatic nitrogens is 1. The van der Waals surface area contributed by atoms with E-state index >= 15 is 0 Å². The maximum Gasteiger partial charge on any atom is 0.0972 e. The molecule has 0 amide bonds. The van der Waals surface area contributed by atoms with E-state index in [0.29, 0.717) is 12.5 Å². The molecule has 1 fully saturated rings. The fraction of sp³-hybridized carbons (Fsp3) is 0.438. The molecule has 2 heteroatoms. The molecule has 3 aliphatic rings. The summed E-state index contributed by atoms with van der Waals surface area (Å²) < 4.78 is 6.22. The minimum absolute atomic E-state index is 0.0430. The van der Waals surface area contributed by atoms with Crippen molar-refractivity contribution in [3.05, 3.63) is 53.4 Å². The molecule has 0 radical (unpaired) electrons. The largest absolute Gasteiger partial charge is 0.365 e. The van der Waals surface area contributed by atoms with Crippen molar-refractivity contribution in [1.29, 1.82) is 0 Å². The second-order valence-electron chi connectivity index (χ2n) is 5.29. The van der Waals surface area contributed by atoms with Crippen molar-refractivity contribution >= 4 is 0 Å². The van der Waals surface area contributed by atoms with Gasteiger partial charge in [0.1, 0.15) is 0 Å². The normalized spacial score (nSPS) is 29.3. The fourth-order valence-corrected chi connectivity index (χ4v) is 2.87. The van der Waals surface area contributed by atoms with Gasteiger partial charge in [-0.15, -0.1) is 0 Å². The molecule has 3 aliphatic carbocycles. The first-order valence-electron chi connectivity index (χ1n) is 6.68. The lowest BCUT2D eigenvalue weighted by atomic mass is 9.61. The quantitative estimate of drug-likeness (QED) is 0.802. The van der Waals surface area contributed by atoms with Gasteiger partial charge in [0.05, 0.1) is 12.2 Å². The first-order valence-corrected chi connectivity index (χ1v) is 6.68. The molecule has 2 atom stereocenters. The molecule has 1 saturated carbocycles. The zero-order valence-electron chi connectivity index (χ0n) is 11.0. The Hall–Kier alpha value is -1.41. The average molecular weight is 241 g/mol. The Bertz CT molecular complexity index is 503. The van der Waals surface area contributed by atoms with Crippen LogP contribution in [0.25, 0.3) is 0 Å². The summed E-state index contributed by atoms with van der Waals surface area (Å²) in [6, 6.07) is 4.04. The Labute approximate surface area is 108 Å². The standard InChI is InChI=1S/C16H19NO/c1-3-13-8-15-10-16(9-13,12(15)2)18-11-14-4-6-17-7-5-14/h4-9,12H,3,10-11H2,1-2H3. The van der Waals surface area contributed by atoms with Gasteiger partial charge >= 0.3 is 0 Å². The highest BCUT2D eigenvalue weighted by molar-refractivity contribution is 5.44. The Kier molecular flexibility index (Phi) is 2.83. The minimum Gasteiger partial charge on any atom is -0.365 e. The van der Waals surface area contributed by atoms with Crippen LogP contribution in [0.15, 0.2) is 47.8 Å². The van der Waals surface area contributed by atoms with Crippen LogP contribution in [0.1, 0.15) is 32.3 Å². The van der Waals surface area contributed by atoms with E-state index in [1.807, 2.05) is 24.5 Å². The molecule has 0 saturated heterocycles. The molecular formula is C16H19NO. The number of hydrogen-bond donors (Lipinski definition) is 0. The van der Waals surface area contributed by atoms with Crippen molar-refractivity contribution in [3.63, 3.8) is 0 Å². The van der Waals surface area contributed by atoms with Crippen LogP contribution in [0.5, 0.6) is 0 Å². The van der Waals surface area contributed by atoms with Gasteiger partial charge < -0.3 is 4.74 Å². The highest BCUT2D eigenvalue weighted by atomic mass is 16.5. The molecule has 94 valence electrons. The Balaban J connectivity index is 1.73. The molecule has 2 unspecified atom stereocenters. The summed E-state index contributed by atoms with van der Waals surface area (Å²) in [6.45, 7) is 5.15. The van der Waals surface area contributed by atoms with Gasteiger partial charge in [-0.2, -0.15) is 0 Å². The summed E-state index contributed by atoms with van der Waals surface area (Å²) >= 11 is 0. The molecule has 0 spiro atoms. The highest BCUT2D eigenvalue weighted by Crippen LogP contribution is 2.51. The van der Waals surface area contributed by atoms with E-state index in [0.717, 1.165) is 12.8 Å². The van der Waals surface area contributed by atoms with Crippen molar-refractivity contribution in [2.45, 2.75) is 38.9 Å². The van der Waals surface area contributed by atoms with Crippen molar-refractivity contribution in [2.75, 3.05) is 0 Å². The predicted molar refractivity (Wildman–Crippen MR) is 72.0 cm³/mol. The van der Waals surface area contributed by atoms with Crippen molar-refractivity contribution < 1.29 is 4.74 Å². The second kappa shape index (κ2) is 4.36. The summed E-state index contributed by atoms with van der Waals surface area (Å²) in [4.78, 5) is 4.03. The smallest absolute Gasteiger partial charge is 0.0972 e. The second-order valence-corrected chi connectivity index (χ2v) is 5.29. The van der Waals surface area contributed by atoms with Gasteiger partial charge in [0.25, 0.3) is 0 Å². The molecule has 0 aliphatic heterocycles. The van der Waals surface area contributed by atoms with E-state index in [1.54, 1.807) is 5.57 Å². The molecule has 18 heavy (non-hydrogen) atoms. The SMILES string of the molecule is CCC1=CC2(OCc3ccncc3)CC(=C1)C2C. The molecule has 0 N–H and O–H groups in total. The number of allylic oxidation sites excluding steroid dienone is 2. The third-order valence-electron chi connectivity index (χ3n) is 4.24. The van der Waals surface area contributed by atoms with Gasteiger partial charge in [-0.3, -0.25) is 4.98 Å². The molecule has 2 bridgehead atoms. The van der Waals surface area contributed by atoms with Crippen LogP contribution in [0.2, 0.25) is 0 Å². The van der Waals surface area contributed by atoms with Crippen LogP contribution in [-0.4, -0.2) is 10.6 Å². The van der Waals surface area contributed by atoms with Gasteiger partial charge in [0, 0.05) is 24.7 Å². The third-order valence-corrected chi connectivity index (χ3v) is 4.24. The lowest BCUT2D eigenvalue weighted by molar-refractivity contribution is -0.0835. The van der Waals surface area contributed by atoms with Gasteiger partial charge in [-0.05, 0) is 35.8 Å². The number of pyridine rings is 1. The zero-order valence-corrected chi connectivity index (χ0v) is 11.0. The summed E-state index contributed by atoms with van der Waals surface area (Å²) in [7, 11) is 0. The maximum atomic E-state index is 6.22. The lowest BCUT2D eigenvalue weighted by Gasteiger charge is -2.51. The van der Waals surface area contributed by atoms with Crippen LogP contribution in [0.3, 0.4) is 0 Å². The summed E-state index contributed by atoms with van der Waals surface area (Å²) in [5.41, 5.74) is 4.12. The summed E-state index contributed by atoms with van der Waals surface area (Å²) in [5, 5.41) is 0. The fourth-order valence-electron chi connectivity index (χ4n) is 2.87. The van der Waals surface area contributed by atoms with Crippen molar-refractivity contribution in [3.8, 4) is 0 Å². The van der Waals surface area contributed by atoms with Crippen LogP contribution < -0.4 is 0 Å². The van der Waals surface area contributed by atoms with E-state index in [-0.39, 0.29) is 5.60 Å². The van der Waals surface area contributed by atoms with Gasteiger partial charge in [-0.1, -0.05) is 25.5 Å². The first-order chi connectivity index (χ1) is 8.73. The number of nitrogens with zero attached hydrogens (tertiary/aromatic N) is 1. The van der Waals surface area contributed by atoms with Gasteiger partial charge in [0.2, 0.25) is 0 Å². The Morgan fingerprint density at radius 2 is 2.17 bits per heavy atom. The summed E-state index contributed by atoms with van der Waals surface area (Å²) in [6.07, 6.45) is 10.5. The van der Waals surface area contributed by atoms with Crippen LogP contribution in [0.4, 0.5) is 0 Å². The van der Waals surface area contributed by atoms with Crippen molar-refractivity contribution in [1.82, 2.24) is 4.98 Å². The number of ether oxygens (including phenoxy) is 1. The van der Waals surface area contributed by atoms with Crippen LogP contribution in [-0.2, 0) is 11.3 Å². The molecule has 2 nitrogen and oxygen atoms in total. The molecule has 0 aromatic carbocycles. The number of fused-ring (bicyclic) bond motifs is 1. The van der Waals surface area contributed by atoms with Gasteiger partial charge in [-0.25, -0.2) is 0 Å². The molecule has 4 rings (SSSR count). The molecule has 1 aromatic rings. The topological polar surface area (TPSA) is 22.1 Å². The van der Waals surface area contributed by atoms with E-state index in [2.05, 4.69) is 31.0 Å². The lowest BCUT2D eigenvalue weighted by Crippen LogP contribution is -2.50. The third kappa shape index (κ3) is 1.81. The highest BCUT2D eigenvalue weighted by Gasteiger charge is 2.49. The Morgan fingerprint density at radius 3 is 2.83 bits per heavy atom. The number of rotatable bonds is 4. The van der Waals surface area contributed by atoms with Crippen LogP contribution in [0, 0.1) is 5.92 Å². The average Bonchev–Trinajstić information content (AvgIpc) is 2.45. The first kappa shape index (κ1) is 11.7. The van der Waals surface area contributed by atoms with E-state index < -0.39 is 0 Å². The van der Waals surface area contributed by atoms with Crippen LogP contribution >= 0.6 is 0 Å². The predicted octanol–water partition coefficient (Wildman–Crippen LogP) is 3.65. The molecule has 1 aromatic heterocycles. The molecular weight excluding hydrogens is 222 g/mol. The maximum absolute atomic E-state index is 6.22. The van der Waals surface area contributed by atoms with E-state index in [1.165, 1.54) is 11.1 Å². The van der Waals surface area contributed by atoms with E-state index in [9.17, 15) is 0 Å².